The van der Waals surface area contributed by atoms with Gasteiger partial charge in [-0.25, -0.2) is 15.0 Å². The largest absolute Gasteiger partial charge is 0.360 e. The van der Waals surface area contributed by atoms with Crippen LogP contribution in [0.5, 0.6) is 0 Å². The van der Waals surface area contributed by atoms with E-state index in [4.69, 9.17) is 0 Å². The first-order chi connectivity index (χ1) is 12.3. The van der Waals surface area contributed by atoms with Gasteiger partial charge in [-0.05, 0) is 35.9 Å². The Kier molecular flexibility index (Phi) is 5.46. The van der Waals surface area contributed by atoms with Gasteiger partial charge < -0.3 is 5.32 Å². The Morgan fingerprint density at radius 1 is 1.16 bits per heavy atom. The van der Waals surface area contributed by atoms with E-state index < -0.39 is 0 Å². The van der Waals surface area contributed by atoms with Crippen molar-refractivity contribution in [1.82, 2.24) is 25.1 Å². The van der Waals surface area contributed by atoms with Gasteiger partial charge in [0, 0.05) is 11.4 Å². The summed E-state index contributed by atoms with van der Waals surface area (Å²) in [6.45, 7) is 0.851. The molecule has 0 bridgehead atoms. The molecule has 0 aliphatic heterocycles. The molecule has 0 saturated carbocycles. The maximum Gasteiger partial charge on any atom is 0.206 e. The van der Waals surface area contributed by atoms with Gasteiger partial charge in [0.2, 0.25) is 5.13 Å². The summed E-state index contributed by atoms with van der Waals surface area (Å²) in [5.41, 5.74) is 0.741. The second-order valence-corrected chi connectivity index (χ2v) is 10.0. The van der Waals surface area contributed by atoms with E-state index in [-0.39, 0.29) is 0 Å². The molecule has 4 aromatic rings. The van der Waals surface area contributed by atoms with Crippen LogP contribution in [0.25, 0.3) is 10.3 Å². The molecular formula is C14H12N6S5. The number of hydrogen-bond acceptors (Lipinski definition) is 11. The van der Waals surface area contributed by atoms with Crippen molar-refractivity contribution < 1.29 is 0 Å². The van der Waals surface area contributed by atoms with Crippen LogP contribution in [0.1, 0.15) is 4.88 Å². The fraction of sp³-hybridized carbons (Fsp3) is 0.214. The molecule has 0 atom stereocenters. The van der Waals surface area contributed by atoms with Crippen molar-refractivity contribution in [2.45, 2.75) is 20.1 Å². The van der Waals surface area contributed by atoms with E-state index >= 15 is 0 Å². The summed E-state index contributed by atoms with van der Waals surface area (Å²) >= 11 is 8.05. The Labute approximate surface area is 164 Å². The number of nitrogens with zero attached hydrogens (tertiary/aromatic N) is 5. The van der Waals surface area contributed by atoms with E-state index in [0.29, 0.717) is 0 Å². The van der Waals surface area contributed by atoms with Gasteiger partial charge in [0.1, 0.15) is 16.1 Å². The van der Waals surface area contributed by atoms with Crippen LogP contribution in [0.15, 0.2) is 37.5 Å². The summed E-state index contributed by atoms with van der Waals surface area (Å²) < 4.78 is 2.85. The van der Waals surface area contributed by atoms with Crippen molar-refractivity contribution in [3.05, 3.63) is 28.7 Å². The van der Waals surface area contributed by atoms with Crippen LogP contribution in [0, 0.1) is 0 Å². The van der Waals surface area contributed by atoms with Crippen molar-refractivity contribution in [3.63, 3.8) is 0 Å². The summed E-state index contributed by atoms with van der Waals surface area (Å²) in [6.07, 6.45) is 4.55. The van der Waals surface area contributed by atoms with Crippen molar-refractivity contribution in [2.24, 2.45) is 0 Å². The van der Waals surface area contributed by atoms with E-state index in [9.17, 15) is 0 Å². The van der Waals surface area contributed by atoms with Gasteiger partial charge >= 0.3 is 0 Å². The fourth-order valence-corrected chi connectivity index (χ4v) is 6.06. The minimum atomic E-state index is 0.741. The molecule has 1 N–H and O–H groups in total. The molecule has 25 heavy (non-hydrogen) atoms. The van der Waals surface area contributed by atoms with Gasteiger partial charge in [0.25, 0.3) is 0 Å². The molecule has 6 nitrogen and oxygen atoms in total. The van der Waals surface area contributed by atoms with Gasteiger partial charge in [0.15, 0.2) is 14.3 Å². The minimum absolute atomic E-state index is 0.741. The van der Waals surface area contributed by atoms with Gasteiger partial charge in [-0.15, -0.1) is 32.9 Å². The Morgan fingerprint density at radius 3 is 2.96 bits per heavy atom. The highest BCUT2D eigenvalue weighted by molar-refractivity contribution is 8.01. The molecule has 4 rings (SSSR count). The Hall–Kier alpha value is -1.27. The zero-order valence-electron chi connectivity index (χ0n) is 13.0. The predicted octanol–water partition coefficient (Wildman–Crippen LogP) is 4.53. The molecule has 0 saturated heterocycles. The average Bonchev–Trinajstić information content (AvgIpc) is 3.35. The lowest BCUT2D eigenvalue weighted by Gasteiger charge is -1.99. The topological polar surface area (TPSA) is 76.5 Å². The SMILES string of the molecule is CSc1nc2ncnc(Sc3nnc(NCCc4cccs4)s3)c2s1. The zero-order chi connectivity index (χ0) is 17.1. The molecule has 0 unspecified atom stereocenters. The van der Waals surface area contributed by atoms with E-state index in [1.165, 1.54) is 28.0 Å². The molecule has 11 heteroatoms. The molecule has 0 aliphatic rings. The van der Waals surface area contributed by atoms with Crippen LogP contribution in [-0.2, 0) is 6.42 Å². The molecule has 0 aromatic carbocycles. The van der Waals surface area contributed by atoms with Gasteiger partial charge in [-0.3, -0.25) is 0 Å². The Bertz CT molecular complexity index is 963. The van der Waals surface area contributed by atoms with Crippen LogP contribution in [0.3, 0.4) is 0 Å². The van der Waals surface area contributed by atoms with Crippen LogP contribution < -0.4 is 5.32 Å². The number of nitrogens with one attached hydrogen (secondary N) is 1. The lowest BCUT2D eigenvalue weighted by molar-refractivity contribution is 0.978. The smallest absolute Gasteiger partial charge is 0.206 e. The lowest BCUT2D eigenvalue weighted by Crippen LogP contribution is -2.03. The van der Waals surface area contributed by atoms with E-state index in [1.54, 1.807) is 40.8 Å². The molecule has 4 heterocycles. The summed E-state index contributed by atoms with van der Waals surface area (Å²) in [5, 5.41) is 15.6. The predicted molar refractivity (Wildman–Crippen MR) is 108 cm³/mol. The Morgan fingerprint density at radius 2 is 2.12 bits per heavy atom. The average molecular weight is 425 g/mol. The highest BCUT2D eigenvalue weighted by atomic mass is 32.2. The number of thiophene rings is 1. The second kappa shape index (κ2) is 7.96. The highest BCUT2D eigenvalue weighted by Crippen LogP contribution is 2.37. The van der Waals surface area contributed by atoms with Crippen molar-refractivity contribution in [2.75, 3.05) is 18.1 Å². The number of aromatic nitrogens is 5. The quantitative estimate of drug-likeness (QED) is 0.343. The monoisotopic (exact) mass is 424 g/mol. The molecule has 0 spiro atoms. The summed E-state index contributed by atoms with van der Waals surface area (Å²) in [7, 11) is 0. The number of fused-ring (bicyclic) bond motifs is 1. The molecule has 128 valence electrons. The van der Waals surface area contributed by atoms with Crippen LogP contribution in [0.2, 0.25) is 0 Å². The maximum atomic E-state index is 4.48. The molecule has 0 aliphatic carbocycles. The van der Waals surface area contributed by atoms with Crippen LogP contribution in [0.4, 0.5) is 5.13 Å². The first kappa shape index (κ1) is 17.2. The molecule has 0 fully saturated rings. The number of thiazole rings is 1. The third kappa shape index (κ3) is 4.11. The molecular weight excluding hydrogens is 413 g/mol. The summed E-state index contributed by atoms with van der Waals surface area (Å²) in [5.74, 6) is 0. The van der Waals surface area contributed by atoms with Crippen LogP contribution in [-0.4, -0.2) is 37.9 Å². The number of thioether (sulfide) groups is 1. The maximum absolute atomic E-state index is 4.48. The second-order valence-electron chi connectivity index (χ2n) is 4.75. The molecule has 0 radical (unpaired) electrons. The lowest BCUT2D eigenvalue weighted by atomic mass is 10.3. The normalized spacial score (nSPS) is 11.2. The van der Waals surface area contributed by atoms with E-state index in [0.717, 1.165) is 42.1 Å². The Balaban J connectivity index is 1.43. The van der Waals surface area contributed by atoms with Crippen molar-refractivity contribution in [3.8, 4) is 0 Å². The van der Waals surface area contributed by atoms with Crippen molar-refractivity contribution >= 4 is 73.0 Å². The summed E-state index contributed by atoms with van der Waals surface area (Å²) in [6, 6.07) is 4.22. The molecule has 0 amide bonds. The third-order valence-electron chi connectivity index (χ3n) is 3.13. The van der Waals surface area contributed by atoms with Gasteiger partial charge in [-0.2, -0.15) is 0 Å². The third-order valence-corrected chi connectivity index (χ3v) is 8.17. The summed E-state index contributed by atoms with van der Waals surface area (Å²) in [4.78, 5) is 14.5. The highest BCUT2D eigenvalue weighted by Gasteiger charge is 2.14. The standard InChI is InChI=1S/C14H12N6S5/c1-21-13-18-10-9(23-13)11(17-7-16-10)24-14-20-19-12(25-14)15-5-4-8-3-2-6-22-8/h2-3,6-7H,4-5H2,1H3,(H,15,19). The first-order valence-electron chi connectivity index (χ1n) is 7.25. The molecule has 4 aromatic heterocycles. The fourth-order valence-electron chi connectivity index (χ4n) is 2.03. The van der Waals surface area contributed by atoms with Crippen LogP contribution >= 0.6 is 57.5 Å². The van der Waals surface area contributed by atoms with Gasteiger partial charge in [0.05, 0.1) is 0 Å². The number of rotatable bonds is 7. The van der Waals surface area contributed by atoms with E-state index in [1.807, 2.05) is 6.26 Å². The van der Waals surface area contributed by atoms with E-state index in [2.05, 4.69) is 48.0 Å². The van der Waals surface area contributed by atoms with Gasteiger partial charge in [-0.1, -0.05) is 29.2 Å². The first-order valence-corrected chi connectivity index (χ1v) is 11.8. The number of hydrogen-bond donors (Lipinski definition) is 1. The van der Waals surface area contributed by atoms with Crippen molar-refractivity contribution in [1.29, 1.82) is 0 Å². The zero-order valence-corrected chi connectivity index (χ0v) is 17.1. The minimum Gasteiger partial charge on any atom is -0.360 e. The number of anilines is 1.